The second-order valence-electron chi connectivity index (χ2n) is 2.71. The lowest BCUT2D eigenvalue weighted by Crippen LogP contribution is -1.98. The second kappa shape index (κ2) is 4.16. The Balaban J connectivity index is 2.34. The van der Waals surface area contributed by atoms with Crippen molar-refractivity contribution in [1.82, 2.24) is 9.97 Å². The van der Waals surface area contributed by atoms with E-state index >= 15 is 0 Å². The molecule has 0 spiro atoms. The van der Waals surface area contributed by atoms with Gasteiger partial charge in [0.05, 0.1) is 4.88 Å². The number of rotatable bonds is 2. The van der Waals surface area contributed by atoms with Crippen LogP contribution in [0.4, 0.5) is 0 Å². The smallest absolute Gasteiger partial charge is 0.117 e. The van der Waals surface area contributed by atoms with Crippen LogP contribution < -0.4 is 0 Å². The van der Waals surface area contributed by atoms with Crippen molar-refractivity contribution < 1.29 is 5.11 Å². The molecule has 0 saturated carbocycles. The SMILES string of the molecule is OC(c1cncnc1)c1sccc1Br. The molecule has 1 N–H and O–H groups in total. The van der Waals surface area contributed by atoms with Crippen molar-refractivity contribution in [2.75, 3.05) is 0 Å². The van der Waals surface area contributed by atoms with Crippen molar-refractivity contribution in [2.24, 2.45) is 0 Å². The van der Waals surface area contributed by atoms with Gasteiger partial charge < -0.3 is 5.11 Å². The number of aromatic nitrogens is 2. The van der Waals surface area contributed by atoms with Crippen LogP contribution in [-0.4, -0.2) is 15.1 Å². The Morgan fingerprint density at radius 2 is 2.07 bits per heavy atom. The third-order valence-corrected chi connectivity index (χ3v) is 3.71. The quantitative estimate of drug-likeness (QED) is 0.912. The molecule has 0 aliphatic rings. The molecule has 2 rings (SSSR count). The lowest BCUT2D eigenvalue weighted by atomic mass is 10.2. The summed E-state index contributed by atoms with van der Waals surface area (Å²) in [7, 11) is 0. The summed E-state index contributed by atoms with van der Waals surface area (Å²) in [5.74, 6) is 0. The lowest BCUT2D eigenvalue weighted by molar-refractivity contribution is 0.222. The first-order valence-corrected chi connectivity index (χ1v) is 5.62. The van der Waals surface area contributed by atoms with Gasteiger partial charge in [-0.05, 0) is 27.4 Å². The maximum absolute atomic E-state index is 9.96. The largest absolute Gasteiger partial charge is 0.383 e. The number of thiophene rings is 1. The summed E-state index contributed by atoms with van der Waals surface area (Å²) in [4.78, 5) is 8.60. The van der Waals surface area contributed by atoms with E-state index in [1.165, 1.54) is 17.7 Å². The Morgan fingerprint density at radius 3 is 2.64 bits per heavy atom. The van der Waals surface area contributed by atoms with Crippen LogP contribution in [0.5, 0.6) is 0 Å². The molecule has 0 aliphatic heterocycles. The maximum Gasteiger partial charge on any atom is 0.117 e. The minimum absolute atomic E-state index is 0.648. The van der Waals surface area contributed by atoms with E-state index in [0.717, 1.165) is 9.35 Å². The van der Waals surface area contributed by atoms with Crippen molar-refractivity contribution >= 4 is 27.3 Å². The summed E-state index contributed by atoms with van der Waals surface area (Å²) in [6.07, 6.45) is 4.03. The topological polar surface area (TPSA) is 46.0 Å². The monoisotopic (exact) mass is 270 g/mol. The van der Waals surface area contributed by atoms with E-state index in [0.29, 0.717) is 5.56 Å². The van der Waals surface area contributed by atoms with Crippen molar-refractivity contribution in [3.63, 3.8) is 0 Å². The first-order chi connectivity index (χ1) is 6.79. The van der Waals surface area contributed by atoms with E-state index in [1.807, 2.05) is 11.4 Å². The van der Waals surface area contributed by atoms with Crippen LogP contribution in [0.2, 0.25) is 0 Å². The van der Waals surface area contributed by atoms with Crippen LogP contribution in [-0.2, 0) is 0 Å². The molecule has 0 radical (unpaired) electrons. The number of nitrogens with zero attached hydrogens (tertiary/aromatic N) is 2. The zero-order valence-electron chi connectivity index (χ0n) is 7.09. The van der Waals surface area contributed by atoms with Crippen LogP contribution in [0.15, 0.2) is 34.6 Å². The number of aliphatic hydroxyl groups is 1. The van der Waals surface area contributed by atoms with Gasteiger partial charge in [0, 0.05) is 22.4 Å². The molecule has 0 aliphatic carbocycles. The zero-order chi connectivity index (χ0) is 9.97. The van der Waals surface area contributed by atoms with Crippen LogP contribution in [0.3, 0.4) is 0 Å². The molecule has 0 amide bonds. The fourth-order valence-corrected chi connectivity index (χ4v) is 2.70. The Labute approximate surface area is 93.6 Å². The molecule has 0 saturated heterocycles. The van der Waals surface area contributed by atoms with Gasteiger partial charge in [0.25, 0.3) is 0 Å². The molecular weight excluding hydrogens is 264 g/mol. The van der Waals surface area contributed by atoms with E-state index in [-0.39, 0.29) is 0 Å². The van der Waals surface area contributed by atoms with E-state index in [1.54, 1.807) is 12.4 Å². The molecule has 2 aromatic rings. The fourth-order valence-electron chi connectivity index (χ4n) is 1.10. The van der Waals surface area contributed by atoms with Crippen LogP contribution in [0, 0.1) is 0 Å². The zero-order valence-corrected chi connectivity index (χ0v) is 9.49. The third-order valence-electron chi connectivity index (χ3n) is 1.79. The third kappa shape index (κ3) is 1.84. The van der Waals surface area contributed by atoms with Gasteiger partial charge in [0.15, 0.2) is 0 Å². The van der Waals surface area contributed by atoms with E-state index in [4.69, 9.17) is 0 Å². The minimum atomic E-state index is -0.648. The van der Waals surface area contributed by atoms with Gasteiger partial charge in [-0.15, -0.1) is 11.3 Å². The van der Waals surface area contributed by atoms with Crippen LogP contribution in [0.25, 0.3) is 0 Å². The van der Waals surface area contributed by atoms with Crippen LogP contribution in [0.1, 0.15) is 16.5 Å². The van der Waals surface area contributed by atoms with Gasteiger partial charge in [-0.25, -0.2) is 9.97 Å². The molecule has 5 heteroatoms. The van der Waals surface area contributed by atoms with Gasteiger partial charge in [0.2, 0.25) is 0 Å². The second-order valence-corrected chi connectivity index (χ2v) is 4.51. The van der Waals surface area contributed by atoms with E-state index in [9.17, 15) is 5.11 Å². The molecule has 2 heterocycles. The van der Waals surface area contributed by atoms with Gasteiger partial charge >= 0.3 is 0 Å². The van der Waals surface area contributed by atoms with Crippen molar-refractivity contribution in [2.45, 2.75) is 6.10 Å². The molecule has 14 heavy (non-hydrogen) atoms. The molecule has 72 valence electrons. The average molecular weight is 271 g/mol. The summed E-state index contributed by atoms with van der Waals surface area (Å²) in [5.41, 5.74) is 0.704. The predicted molar refractivity (Wildman–Crippen MR) is 58.1 cm³/mol. The Kier molecular flexibility index (Phi) is 2.90. The summed E-state index contributed by atoms with van der Waals surface area (Å²) in [6, 6.07) is 1.91. The number of hydrogen-bond acceptors (Lipinski definition) is 4. The van der Waals surface area contributed by atoms with Gasteiger partial charge in [0.1, 0.15) is 12.4 Å². The molecule has 0 aromatic carbocycles. The first kappa shape index (κ1) is 9.76. The van der Waals surface area contributed by atoms with Crippen molar-refractivity contribution in [1.29, 1.82) is 0 Å². The van der Waals surface area contributed by atoms with Gasteiger partial charge in [-0.2, -0.15) is 0 Å². The van der Waals surface area contributed by atoms with Gasteiger partial charge in [-0.3, -0.25) is 0 Å². The average Bonchev–Trinajstić information content (AvgIpc) is 2.65. The predicted octanol–water partition coefficient (Wildman–Crippen LogP) is 2.38. The van der Waals surface area contributed by atoms with Gasteiger partial charge in [-0.1, -0.05) is 0 Å². The molecular formula is C9H7BrN2OS. The Morgan fingerprint density at radius 1 is 1.36 bits per heavy atom. The van der Waals surface area contributed by atoms with Crippen molar-refractivity contribution in [3.8, 4) is 0 Å². The molecule has 1 atom stereocenters. The number of aliphatic hydroxyl groups excluding tert-OH is 1. The highest BCUT2D eigenvalue weighted by molar-refractivity contribution is 9.10. The molecule has 0 bridgehead atoms. The standard InChI is InChI=1S/C9H7BrN2OS/c10-7-1-2-14-9(7)8(13)6-3-11-5-12-4-6/h1-5,8,13H. The normalized spacial score (nSPS) is 12.7. The highest BCUT2D eigenvalue weighted by Crippen LogP contribution is 2.32. The van der Waals surface area contributed by atoms with E-state index < -0.39 is 6.10 Å². The molecule has 1 unspecified atom stereocenters. The summed E-state index contributed by atoms with van der Waals surface area (Å²) < 4.78 is 0.916. The Bertz CT molecular complexity index is 418. The minimum Gasteiger partial charge on any atom is -0.383 e. The number of halogens is 1. The molecule has 2 aromatic heterocycles. The lowest BCUT2D eigenvalue weighted by Gasteiger charge is -2.07. The first-order valence-electron chi connectivity index (χ1n) is 3.95. The Hall–Kier alpha value is -0.780. The van der Waals surface area contributed by atoms with Crippen LogP contribution >= 0.6 is 27.3 Å². The fraction of sp³-hybridized carbons (Fsp3) is 0.111. The highest BCUT2D eigenvalue weighted by atomic mass is 79.9. The maximum atomic E-state index is 9.96. The summed E-state index contributed by atoms with van der Waals surface area (Å²) >= 11 is 4.87. The van der Waals surface area contributed by atoms with Crippen molar-refractivity contribution in [3.05, 3.63) is 45.1 Å². The summed E-state index contributed by atoms with van der Waals surface area (Å²) in [6.45, 7) is 0. The molecule has 0 fully saturated rings. The summed E-state index contributed by atoms with van der Waals surface area (Å²) in [5, 5.41) is 11.9. The molecule has 3 nitrogen and oxygen atoms in total. The van der Waals surface area contributed by atoms with E-state index in [2.05, 4.69) is 25.9 Å². The highest BCUT2D eigenvalue weighted by Gasteiger charge is 2.14. The number of hydrogen-bond donors (Lipinski definition) is 1.